The van der Waals surface area contributed by atoms with Crippen LogP contribution in [0.5, 0.6) is 0 Å². The van der Waals surface area contributed by atoms with E-state index in [4.69, 9.17) is 15.1 Å². The smallest absolute Gasteiger partial charge is 0.307 e. The van der Waals surface area contributed by atoms with Crippen LogP contribution in [0.3, 0.4) is 0 Å². The molecule has 0 aromatic rings. The van der Waals surface area contributed by atoms with Gasteiger partial charge in [-0.1, -0.05) is 0 Å². The van der Waals surface area contributed by atoms with Crippen LogP contribution in [-0.2, 0) is 14.3 Å². The first kappa shape index (κ1) is 9.52. The molecule has 70 valence electrons. The maximum atomic E-state index is 10.7. The predicted octanol–water partition coefficient (Wildman–Crippen LogP) is 0.451. The molecule has 1 rings (SSSR count). The van der Waals surface area contributed by atoms with E-state index in [-0.39, 0.29) is 19.3 Å². The van der Waals surface area contributed by atoms with Crippen LogP contribution in [0.15, 0.2) is 0 Å². The molecular formula is C8H9NO4. The second-order valence-electron chi connectivity index (χ2n) is 2.97. The van der Waals surface area contributed by atoms with Crippen LogP contribution in [0.4, 0.5) is 0 Å². The Morgan fingerprint density at radius 1 is 1.77 bits per heavy atom. The Kier molecular flexibility index (Phi) is 2.52. The number of rotatable bonds is 3. The normalized spacial score (nSPS) is 26.5. The van der Waals surface area contributed by atoms with E-state index in [1.54, 1.807) is 0 Å². The van der Waals surface area contributed by atoms with E-state index in [1.165, 1.54) is 0 Å². The minimum Gasteiger partial charge on any atom is -0.481 e. The van der Waals surface area contributed by atoms with Crippen LogP contribution in [0, 0.1) is 11.3 Å². The molecule has 1 atom stereocenters. The first-order valence-corrected chi connectivity index (χ1v) is 3.93. The molecular weight excluding hydrogens is 174 g/mol. The zero-order chi connectivity index (χ0) is 9.90. The van der Waals surface area contributed by atoms with Gasteiger partial charge >= 0.3 is 11.9 Å². The van der Waals surface area contributed by atoms with Crippen molar-refractivity contribution in [1.29, 1.82) is 5.26 Å². The summed E-state index contributed by atoms with van der Waals surface area (Å²) < 4.78 is 4.79. The Balaban J connectivity index is 2.57. The molecule has 0 aromatic carbocycles. The quantitative estimate of drug-likeness (QED) is 0.642. The van der Waals surface area contributed by atoms with Crippen molar-refractivity contribution < 1.29 is 19.4 Å². The second-order valence-corrected chi connectivity index (χ2v) is 2.97. The Morgan fingerprint density at radius 3 is 2.85 bits per heavy atom. The summed E-state index contributed by atoms with van der Waals surface area (Å²) in [5, 5.41) is 17.1. The van der Waals surface area contributed by atoms with Gasteiger partial charge in [0.15, 0.2) is 5.60 Å². The SMILES string of the molecule is N#C[C@]1(CCC(=O)O)CCC(=O)O1. The highest BCUT2D eigenvalue weighted by molar-refractivity contribution is 5.73. The number of carboxylic acids is 1. The molecule has 0 spiro atoms. The van der Waals surface area contributed by atoms with Gasteiger partial charge in [0, 0.05) is 12.8 Å². The fourth-order valence-electron chi connectivity index (χ4n) is 1.24. The van der Waals surface area contributed by atoms with E-state index in [1.807, 2.05) is 6.07 Å². The van der Waals surface area contributed by atoms with E-state index >= 15 is 0 Å². The average molecular weight is 183 g/mol. The van der Waals surface area contributed by atoms with Crippen molar-refractivity contribution in [3.63, 3.8) is 0 Å². The molecule has 0 unspecified atom stereocenters. The highest BCUT2D eigenvalue weighted by atomic mass is 16.6. The molecule has 1 aliphatic heterocycles. The summed E-state index contributed by atoms with van der Waals surface area (Å²) >= 11 is 0. The Labute approximate surface area is 74.9 Å². The molecule has 1 saturated heterocycles. The number of nitriles is 1. The number of hydrogen-bond donors (Lipinski definition) is 1. The number of nitrogens with zero attached hydrogens (tertiary/aromatic N) is 1. The molecule has 13 heavy (non-hydrogen) atoms. The van der Waals surface area contributed by atoms with Crippen molar-refractivity contribution in [2.45, 2.75) is 31.3 Å². The van der Waals surface area contributed by atoms with E-state index < -0.39 is 17.5 Å². The lowest BCUT2D eigenvalue weighted by atomic mass is 9.96. The number of carbonyl (C=O) groups excluding carboxylic acids is 1. The number of esters is 1. The number of hydrogen-bond acceptors (Lipinski definition) is 4. The first-order valence-electron chi connectivity index (χ1n) is 3.93. The summed E-state index contributed by atoms with van der Waals surface area (Å²) in [6, 6.07) is 1.86. The molecule has 0 aromatic heterocycles. The molecule has 0 bridgehead atoms. The largest absolute Gasteiger partial charge is 0.481 e. The lowest BCUT2D eigenvalue weighted by molar-refractivity contribution is -0.147. The lowest BCUT2D eigenvalue weighted by Crippen LogP contribution is -2.27. The maximum Gasteiger partial charge on any atom is 0.307 e. The number of ether oxygens (including phenoxy) is 1. The molecule has 0 aliphatic carbocycles. The van der Waals surface area contributed by atoms with Gasteiger partial charge in [-0.25, -0.2) is 0 Å². The zero-order valence-corrected chi connectivity index (χ0v) is 6.95. The van der Waals surface area contributed by atoms with Gasteiger partial charge in [0.25, 0.3) is 0 Å². The maximum absolute atomic E-state index is 10.7. The third-order valence-electron chi connectivity index (χ3n) is 1.99. The monoisotopic (exact) mass is 183 g/mol. The molecule has 0 saturated carbocycles. The van der Waals surface area contributed by atoms with Crippen LogP contribution >= 0.6 is 0 Å². The Hall–Kier alpha value is -1.57. The first-order chi connectivity index (χ1) is 6.08. The predicted molar refractivity (Wildman–Crippen MR) is 40.5 cm³/mol. The van der Waals surface area contributed by atoms with Crippen LogP contribution in [0.1, 0.15) is 25.7 Å². The van der Waals surface area contributed by atoms with Crippen molar-refractivity contribution in [2.75, 3.05) is 0 Å². The van der Waals surface area contributed by atoms with E-state index in [2.05, 4.69) is 0 Å². The van der Waals surface area contributed by atoms with Crippen LogP contribution < -0.4 is 0 Å². The zero-order valence-electron chi connectivity index (χ0n) is 6.95. The van der Waals surface area contributed by atoms with Gasteiger partial charge < -0.3 is 9.84 Å². The molecule has 0 radical (unpaired) electrons. The number of carboxylic acid groups (broad SMARTS) is 1. The van der Waals surface area contributed by atoms with E-state index in [0.717, 1.165) is 0 Å². The standard InChI is InChI=1S/C8H9NO4/c9-5-8(3-1-6(10)11)4-2-7(12)13-8/h1-4H2,(H,10,11)/t8-/m0/s1. The minimum atomic E-state index is -1.19. The Morgan fingerprint density at radius 2 is 2.46 bits per heavy atom. The second kappa shape index (κ2) is 3.44. The van der Waals surface area contributed by atoms with Crippen LogP contribution in [-0.4, -0.2) is 22.6 Å². The molecule has 1 fully saturated rings. The summed E-state index contributed by atoms with van der Waals surface area (Å²) in [7, 11) is 0. The van der Waals surface area contributed by atoms with Gasteiger partial charge in [0.05, 0.1) is 12.8 Å². The fourth-order valence-corrected chi connectivity index (χ4v) is 1.24. The van der Waals surface area contributed by atoms with Gasteiger partial charge in [0.1, 0.15) is 6.07 Å². The van der Waals surface area contributed by atoms with Crippen molar-refractivity contribution in [2.24, 2.45) is 0 Å². The number of cyclic esters (lactones) is 1. The summed E-state index contributed by atoms with van der Waals surface area (Å²) in [5.74, 6) is -1.41. The van der Waals surface area contributed by atoms with Gasteiger partial charge in [-0.05, 0) is 0 Å². The van der Waals surface area contributed by atoms with E-state index in [9.17, 15) is 9.59 Å². The van der Waals surface area contributed by atoms with Crippen molar-refractivity contribution in [3.05, 3.63) is 0 Å². The van der Waals surface area contributed by atoms with Crippen molar-refractivity contribution in [1.82, 2.24) is 0 Å². The molecule has 1 heterocycles. The number of aliphatic carboxylic acids is 1. The molecule has 1 aliphatic rings. The van der Waals surface area contributed by atoms with Gasteiger partial charge in [-0.3, -0.25) is 9.59 Å². The third-order valence-corrected chi connectivity index (χ3v) is 1.99. The molecule has 5 nitrogen and oxygen atoms in total. The van der Waals surface area contributed by atoms with Gasteiger partial charge in [-0.2, -0.15) is 5.26 Å². The van der Waals surface area contributed by atoms with Crippen molar-refractivity contribution >= 4 is 11.9 Å². The summed E-state index contributed by atoms with van der Waals surface area (Å²) in [6.45, 7) is 0. The molecule has 1 N–H and O–H groups in total. The lowest BCUT2D eigenvalue weighted by Gasteiger charge is -2.17. The third kappa shape index (κ3) is 2.18. The van der Waals surface area contributed by atoms with E-state index in [0.29, 0.717) is 6.42 Å². The van der Waals surface area contributed by atoms with Crippen LogP contribution in [0.2, 0.25) is 0 Å². The van der Waals surface area contributed by atoms with Crippen LogP contribution in [0.25, 0.3) is 0 Å². The topological polar surface area (TPSA) is 87.4 Å². The summed E-state index contributed by atoms with van der Waals surface area (Å²) in [6.07, 6.45) is 0.425. The highest BCUT2D eigenvalue weighted by Gasteiger charge is 2.40. The molecule has 5 heteroatoms. The number of carbonyl (C=O) groups is 2. The fraction of sp³-hybridized carbons (Fsp3) is 0.625. The minimum absolute atomic E-state index is 0.0740. The van der Waals surface area contributed by atoms with Gasteiger partial charge in [0.2, 0.25) is 0 Å². The highest BCUT2D eigenvalue weighted by Crippen LogP contribution is 2.30. The van der Waals surface area contributed by atoms with Crippen molar-refractivity contribution in [3.8, 4) is 6.07 Å². The summed E-state index contributed by atoms with van der Waals surface area (Å²) in [4.78, 5) is 21.0. The average Bonchev–Trinajstić information content (AvgIpc) is 2.45. The van der Waals surface area contributed by atoms with Gasteiger partial charge in [-0.15, -0.1) is 0 Å². The Bertz CT molecular complexity index is 280. The molecule has 0 amide bonds. The summed E-state index contributed by atoms with van der Waals surface area (Å²) in [5.41, 5.74) is -1.19.